The Balaban J connectivity index is 1.38. The van der Waals surface area contributed by atoms with Gasteiger partial charge in [0.25, 0.3) is 0 Å². The van der Waals surface area contributed by atoms with Gasteiger partial charge in [0.1, 0.15) is 0 Å². The summed E-state index contributed by atoms with van der Waals surface area (Å²) in [7, 11) is 2.19. The Hall–Kier alpha value is -0.940. The molecule has 4 rings (SSSR count). The van der Waals surface area contributed by atoms with Gasteiger partial charge in [-0.25, -0.2) is 0 Å². The molecule has 0 aromatic carbocycles. The Bertz CT molecular complexity index is 444. The molecule has 0 amide bonds. The highest BCUT2D eigenvalue weighted by Crippen LogP contribution is 2.38. The van der Waals surface area contributed by atoms with Crippen LogP contribution in [0.15, 0.2) is 4.52 Å². The van der Waals surface area contributed by atoms with Crippen molar-refractivity contribution in [1.82, 2.24) is 20.4 Å². The fourth-order valence-electron chi connectivity index (χ4n) is 3.57. The van der Waals surface area contributed by atoms with Gasteiger partial charge < -0.3 is 9.84 Å². The van der Waals surface area contributed by atoms with Crippen LogP contribution in [0.3, 0.4) is 0 Å². The van der Waals surface area contributed by atoms with E-state index in [1.165, 1.54) is 38.5 Å². The molecule has 3 heterocycles. The summed E-state index contributed by atoms with van der Waals surface area (Å²) in [6.07, 6.45) is 7.68. The zero-order valence-corrected chi connectivity index (χ0v) is 11.5. The van der Waals surface area contributed by atoms with Gasteiger partial charge >= 0.3 is 0 Å². The van der Waals surface area contributed by atoms with Crippen LogP contribution >= 0.6 is 0 Å². The Morgan fingerprint density at radius 3 is 2.63 bits per heavy atom. The largest absolute Gasteiger partial charge is 0.338 e. The molecule has 3 aliphatic rings. The number of nitrogens with one attached hydrogen (secondary N) is 1. The van der Waals surface area contributed by atoms with Crippen LogP contribution in [0.2, 0.25) is 0 Å². The molecule has 2 atom stereocenters. The van der Waals surface area contributed by atoms with E-state index in [0.29, 0.717) is 12.0 Å². The maximum Gasteiger partial charge on any atom is 0.240 e. The van der Waals surface area contributed by atoms with E-state index in [9.17, 15) is 0 Å². The van der Waals surface area contributed by atoms with Crippen molar-refractivity contribution in [2.24, 2.45) is 0 Å². The van der Waals surface area contributed by atoms with Crippen LogP contribution in [0.25, 0.3) is 0 Å². The van der Waals surface area contributed by atoms with Crippen LogP contribution in [-0.2, 0) is 6.54 Å². The average Bonchev–Trinajstić information content (AvgIpc) is 3.08. The van der Waals surface area contributed by atoms with Gasteiger partial charge in [-0.2, -0.15) is 4.98 Å². The van der Waals surface area contributed by atoms with Crippen molar-refractivity contribution in [3.63, 3.8) is 0 Å². The molecular formula is C14H22N4O. The summed E-state index contributed by atoms with van der Waals surface area (Å²) in [6.45, 7) is 0.795. The lowest BCUT2D eigenvalue weighted by molar-refractivity contribution is 0.150. The highest BCUT2D eigenvalue weighted by atomic mass is 16.5. The first-order valence-electron chi connectivity index (χ1n) is 7.56. The molecule has 19 heavy (non-hydrogen) atoms. The molecule has 1 aliphatic carbocycles. The van der Waals surface area contributed by atoms with Crippen molar-refractivity contribution >= 4 is 0 Å². The topological polar surface area (TPSA) is 54.2 Å². The van der Waals surface area contributed by atoms with E-state index in [4.69, 9.17) is 4.52 Å². The second-order valence-corrected chi connectivity index (χ2v) is 6.50. The zero-order chi connectivity index (χ0) is 12.8. The first-order chi connectivity index (χ1) is 9.28. The van der Waals surface area contributed by atoms with Crippen LogP contribution in [-0.4, -0.2) is 40.2 Å². The van der Waals surface area contributed by atoms with Gasteiger partial charge in [-0.15, -0.1) is 0 Å². The molecular weight excluding hydrogens is 240 g/mol. The monoisotopic (exact) mass is 262 g/mol. The zero-order valence-electron chi connectivity index (χ0n) is 11.5. The Morgan fingerprint density at radius 1 is 1.21 bits per heavy atom. The van der Waals surface area contributed by atoms with E-state index < -0.39 is 0 Å². The molecule has 0 spiro atoms. The minimum Gasteiger partial charge on any atom is -0.338 e. The van der Waals surface area contributed by atoms with Gasteiger partial charge in [-0.05, 0) is 45.6 Å². The number of rotatable bonds is 4. The van der Waals surface area contributed by atoms with E-state index in [-0.39, 0.29) is 0 Å². The van der Waals surface area contributed by atoms with E-state index in [2.05, 4.69) is 27.4 Å². The molecule has 2 saturated heterocycles. The molecule has 1 N–H and O–H groups in total. The van der Waals surface area contributed by atoms with Crippen molar-refractivity contribution in [2.75, 3.05) is 7.05 Å². The quantitative estimate of drug-likeness (QED) is 0.894. The van der Waals surface area contributed by atoms with Gasteiger partial charge in [0.15, 0.2) is 5.82 Å². The summed E-state index contributed by atoms with van der Waals surface area (Å²) < 4.78 is 5.38. The number of hydrogen-bond acceptors (Lipinski definition) is 5. The molecule has 2 unspecified atom stereocenters. The summed E-state index contributed by atoms with van der Waals surface area (Å²) >= 11 is 0. The first-order valence-corrected chi connectivity index (χ1v) is 7.56. The van der Waals surface area contributed by atoms with Crippen LogP contribution in [0.4, 0.5) is 0 Å². The molecule has 5 nitrogen and oxygen atoms in total. The normalized spacial score (nSPS) is 34.1. The van der Waals surface area contributed by atoms with Crippen molar-refractivity contribution in [3.05, 3.63) is 11.7 Å². The summed E-state index contributed by atoms with van der Waals surface area (Å²) in [6, 6.07) is 2.13. The van der Waals surface area contributed by atoms with Gasteiger partial charge in [-0.3, -0.25) is 4.90 Å². The standard InChI is InChI=1S/C14H22N4O/c1-18(12-6-10-4-5-11(7-12)15-10)8-13-16-14(17-19-13)9-2-3-9/h9-12,15H,2-8H2,1H3. The fraction of sp³-hybridized carbons (Fsp3) is 0.857. The van der Waals surface area contributed by atoms with Crippen LogP contribution in [0, 0.1) is 0 Å². The second kappa shape index (κ2) is 4.56. The van der Waals surface area contributed by atoms with E-state index >= 15 is 0 Å². The lowest BCUT2D eigenvalue weighted by atomic mass is 9.98. The van der Waals surface area contributed by atoms with Gasteiger partial charge in [0, 0.05) is 24.0 Å². The third-order valence-corrected chi connectivity index (χ3v) is 4.88. The Morgan fingerprint density at radius 2 is 1.95 bits per heavy atom. The predicted molar refractivity (Wildman–Crippen MR) is 70.7 cm³/mol. The molecule has 2 bridgehead atoms. The summed E-state index contributed by atoms with van der Waals surface area (Å²) in [5.41, 5.74) is 0. The first kappa shape index (κ1) is 11.9. The van der Waals surface area contributed by atoms with Crippen molar-refractivity contribution in [1.29, 1.82) is 0 Å². The van der Waals surface area contributed by atoms with Crippen molar-refractivity contribution < 1.29 is 4.52 Å². The number of piperidine rings is 1. The van der Waals surface area contributed by atoms with Gasteiger partial charge in [0.05, 0.1) is 6.54 Å². The molecule has 1 aromatic heterocycles. The average molecular weight is 262 g/mol. The lowest BCUT2D eigenvalue weighted by Crippen LogP contribution is -2.46. The minimum atomic E-state index is 0.581. The fourth-order valence-corrected chi connectivity index (χ4v) is 3.57. The third-order valence-electron chi connectivity index (χ3n) is 4.88. The van der Waals surface area contributed by atoms with Crippen LogP contribution < -0.4 is 5.32 Å². The predicted octanol–water partition coefficient (Wildman–Crippen LogP) is 1.66. The molecule has 0 radical (unpaired) electrons. The third kappa shape index (κ3) is 2.41. The molecule has 3 fully saturated rings. The van der Waals surface area contributed by atoms with Crippen LogP contribution in [0.1, 0.15) is 56.2 Å². The number of aromatic nitrogens is 2. The highest BCUT2D eigenvalue weighted by Gasteiger charge is 2.35. The maximum atomic E-state index is 5.38. The molecule has 104 valence electrons. The Labute approximate surface area is 113 Å². The van der Waals surface area contributed by atoms with Crippen molar-refractivity contribution in [2.45, 2.75) is 69.1 Å². The number of nitrogens with zero attached hydrogens (tertiary/aromatic N) is 3. The van der Waals surface area contributed by atoms with Crippen molar-refractivity contribution in [3.8, 4) is 0 Å². The van der Waals surface area contributed by atoms with Crippen LogP contribution in [0.5, 0.6) is 0 Å². The molecule has 1 aromatic rings. The highest BCUT2D eigenvalue weighted by molar-refractivity contribution is 5.03. The number of hydrogen-bond donors (Lipinski definition) is 1. The summed E-state index contributed by atoms with van der Waals surface area (Å²) in [4.78, 5) is 6.92. The van der Waals surface area contributed by atoms with E-state index in [0.717, 1.165) is 30.3 Å². The summed E-state index contributed by atoms with van der Waals surface area (Å²) in [5, 5.41) is 7.78. The Kier molecular flexibility index (Phi) is 2.84. The molecule has 1 saturated carbocycles. The van der Waals surface area contributed by atoms with Gasteiger partial charge in [0.2, 0.25) is 5.89 Å². The van der Waals surface area contributed by atoms with E-state index in [1.807, 2.05) is 0 Å². The minimum absolute atomic E-state index is 0.581. The summed E-state index contributed by atoms with van der Waals surface area (Å²) in [5.74, 6) is 2.29. The molecule has 2 aliphatic heterocycles. The maximum absolute atomic E-state index is 5.38. The SMILES string of the molecule is CN(Cc1nc(C2CC2)no1)C1CC2CCC(C1)N2. The second-order valence-electron chi connectivity index (χ2n) is 6.50. The molecule has 5 heteroatoms. The number of fused-ring (bicyclic) bond motifs is 2. The van der Waals surface area contributed by atoms with Gasteiger partial charge in [-0.1, -0.05) is 5.16 Å². The smallest absolute Gasteiger partial charge is 0.240 e. The van der Waals surface area contributed by atoms with E-state index in [1.54, 1.807) is 0 Å². The lowest BCUT2D eigenvalue weighted by Gasteiger charge is -2.34.